The summed E-state index contributed by atoms with van der Waals surface area (Å²) in [6.45, 7) is 2.45. The molecule has 1 saturated heterocycles. The van der Waals surface area contributed by atoms with Gasteiger partial charge in [-0.1, -0.05) is 23.2 Å². The van der Waals surface area contributed by atoms with Gasteiger partial charge in [-0.25, -0.2) is 18.9 Å². The summed E-state index contributed by atoms with van der Waals surface area (Å²) in [4.78, 5) is 18.9. The largest absolute Gasteiger partial charge is 0.486 e. The zero-order valence-electron chi connectivity index (χ0n) is 20.3. The summed E-state index contributed by atoms with van der Waals surface area (Å²) < 4.78 is 29.2. The van der Waals surface area contributed by atoms with Gasteiger partial charge in [0.15, 0.2) is 6.23 Å². The highest BCUT2D eigenvalue weighted by Crippen LogP contribution is 2.36. The molecule has 1 aromatic carbocycles. The van der Waals surface area contributed by atoms with Crippen LogP contribution in [0.15, 0.2) is 48.9 Å². The van der Waals surface area contributed by atoms with Crippen molar-refractivity contribution in [3.05, 3.63) is 81.5 Å². The van der Waals surface area contributed by atoms with Gasteiger partial charge in [0.1, 0.15) is 23.4 Å². The summed E-state index contributed by atoms with van der Waals surface area (Å²) in [5, 5.41) is 15.2. The van der Waals surface area contributed by atoms with E-state index in [-0.39, 0.29) is 17.5 Å². The Kier molecular flexibility index (Phi) is 7.60. The number of carboxylic acids is 1. The number of hydrogen-bond donors (Lipinski definition) is 1. The SMILES string of the molecule is C[C@@H](Oc1ccc2c(c1)c(/C=C(\F)c1ccc(C(=O)O)nc1)nn2C1CCCCO1)c1c(Cl)cncc1Cl. The molecule has 11 heteroatoms. The van der Waals surface area contributed by atoms with Crippen LogP contribution in [0.4, 0.5) is 4.39 Å². The number of aromatic carboxylic acids is 1. The van der Waals surface area contributed by atoms with Crippen molar-refractivity contribution in [2.24, 2.45) is 0 Å². The van der Waals surface area contributed by atoms with Crippen molar-refractivity contribution >= 4 is 52.0 Å². The molecular weight excluding hydrogens is 534 g/mol. The van der Waals surface area contributed by atoms with Crippen LogP contribution in [0, 0.1) is 0 Å². The van der Waals surface area contributed by atoms with Crippen LogP contribution in [0.3, 0.4) is 0 Å². The monoisotopic (exact) mass is 556 g/mol. The molecule has 1 aliphatic rings. The van der Waals surface area contributed by atoms with E-state index >= 15 is 4.39 Å². The molecule has 0 bridgehead atoms. The van der Waals surface area contributed by atoms with Gasteiger partial charge in [0, 0.05) is 47.8 Å². The molecule has 1 fully saturated rings. The fraction of sp³-hybridized carbons (Fsp3) is 0.259. The zero-order valence-corrected chi connectivity index (χ0v) is 21.8. The fourth-order valence-electron chi connectivity index (χ4n) is 4.40. The van der Waals surface area contributed by atoms with E-state index in [1.807, 2.05) is 13.0 Å². The molecule has 4 heterocycles. The number of aromatic nitrogens is 4. The van der Waals surface area contributed by atoms with Gasteiger partial charge < -0.3 is 14.6 Å². The summed E-state index contributed by atoms with van der Waals surface area (Å²) in [5.41, 5.74) is 1.70. The van der Waals surface area contributed by atoms with Gasteiger partial charge in [0.2, 0.25) is 0 Å². The lowest BCUT2D eigenvalue weighted by molar-refractivity contribution is -0.0367. The normalized spacial score (nSPS) is 16.9. The summed E-state index contributed by atoms with van der Waals surface area (Å²) in [7, 11) is 0. The molecule has 4 aromatic rings. The second-order valence-corrected chi connectivity index (χ2v) is 9.65. The van der Waals surface area contributed by atoms with Crippen LogP contribution in [0.2, 0.25) is 10.0 Å². The molecule has 0 spiro atoms. The Bertz CT molecular complexity index is 1500. The fourth-order valence-corrected chi connectivity index (χ4v) is 5.07. The minimum absolute atomic E-state index is 0.134. The van der Waals surface area contributed by atoms with E-state index in [0.717, 1.165) is 24.8 Å². The maximum absolute atomic E-state index is 15.3. The van der Waals surface area contributed by atoms with E-state index in [1.54, 1.807) is 16.8 Å². The lowest BCUT2D eigenvalue weighted by Gasteiger charge is -2.23. The third-order valence-corrected chi connectivity index (χ3v) is 6.87. The predicted molar refractivity (Wildman–Crippen MR) is 142 cm³/mol. The van der Waals surface area contributed by atoms with Crippen LogP contribution in [0.1, 0.15) is 65.8 Å². The highest BCUT2D eigenvalue weighted by Gasteiger charge is 2.22. The van der Waals surface area contributed by atoms with Crippen LogP contribution in [-0.4, -0.2) is 37.4 Å². The molecule has 0 saturated carbocycles. The first-order valence-electron chi connectivity index (χ1n) is 12.0. The number of fused-ring (bicyclic) bond motifs is 1. The highest BCUT2D eigenvalue weighted by molar-refractivity contribution is 6.35. The molecule has 1 N–H and O–H groups in total. The van der Waals surface area contributed by atoms with E-state index < -0.39 is 17.9 Å². The van der Waals surface area contributed by atoms with Crippen LogP contribution in [0.25, 0.3) is 22.8 Å². The van der Waals surface area contributed by atoms with Crippen molar-refractivity contribution in [2.45, 2.75) is 38.5 Å². The van der Waals surface area contributed by atoms with Crippen LogP contribution in [-0.2, 0) is 4.74 Å². The van der Waals surface area contributed by atoms with Crippen molar-refractivity contribution in [2.75, 3.05) is 6.61 Å². The number of halogens is 3. The Hall–Kier alpha value is -3.53. The molecule has 2 atom stereocenters. The summed E-state index contributed by atoms with van der Waals surface area (Å²) in [6.07, 6.45) is 7.49. The van der Waals surface area contributed by atoms with Crippen molar-refractivity contribution in [3.63, 3.8) is 0 Å². The van der Waals surface area contributed by atoms with E-state index in [0.29, 0.717) is 39.0 Å². The maximum atomic E-state index is 15.3. The first kappa shape index (κ1) is 26.1. The zero-order chi connectivity index (χ0) is 26.8. The van der Waals surface area contributed by atoms with Gasteiger partial charge in [-0.3, -0.25) is 4.98 Å². The number of hydrogen-bond acceptors (Lipinski definition) is 6. The molecule has 3 aromatic heterocycles. The second-order valence-electron chi connectivity index (χ2n) is 8.84. The minimum atomic E-state index is -1.19. The molecule has 1 unspecified atom stereocenters. The Morgan fingerprint density at radius 1 is 1.21 bits per heavy atom. The Balaban J connectivity index is 1.54. The summed E-state index contributed by atoms with van der Waals surface area (Å²) >= 11 is 12.6. The number of nitrogens with zero attached hydrogens (tertiary/aromatic N) is 4. The molecule has 1 aliphatic heterocycles. The van der Waals surface area contributed by atoms with Gasteiger partial charge in [0.25, 0.3) is 0 Å². The van der Waals surface area contributed by atoms with Gasteiger partial charge in [-0.15, -0.1) is 0 Å². The van der Waals surface area contributed by atoms with Crippen LogP contribution < -0.4 is 4.74 Å². The number of ether oxygens (including phenoxy) is 2. The Morgan fingerprint density at radius 2 is 2.00 bits per heavy atom. The van der Waals surface area contributed by atoms with Gasteiger partial charge in [0.05, 0.1) is 21.3 Å². The third-order valence-electron chi connectivity index (χ3n) is 6.27. The van der Waals surface area contributed by atoms with E-state index in [1.165, 1.54) is 36.8 Å². The van der Waals surface area contributed by atoms with Crippen LogP contribution >= 0.6 is 23.2 Å². The first-order chi connectivity index (χ1) is 18.3. The van der Waals surface area contributed by atoms with Crippen LogP contribution in [0.5, 0.6) is 5.75 Å². The molecule has 5 rings (SSSR count). The lowest BCUT2D eigenvalue weighted by atomic mass is 10.1. The second kappa shape index (κ2) is 11.1. The molecule has 8 nitrogen and oxygen atoms in total. The molecule has 0 amide bonds. The molecule has 0 aliphatic carbocycles. The van der Waals surface area contributed by atoms with Crippen molar-refractivity contribution < 1.29 is 23.8 Å². The number of carboxylic acid groups (broad SMARTS) is 1. The Morgan fingerprint density at radius 3 is 2.66 bits per heavy atom. The smallest absolute Gasteiger partial charge is 0.354 e. The number of pyridine rings is 2. The summed E-state index contributed by atoms with van der Waals surface area (Å²) in [5.74, 6) is -1.28. The quantitative estimate of drug-likeness (QED) is 0.258. The molecular formula is C27H23Cl2FN4O4. The predicted octanol–water partition coefficient (Wildman–Crippen LogP) is 7.14. The minimum Gasteiger partial charge on any atom is -0.486 e. The number of benzene rings is 1. The summed E-state index contributed by atoms with van der Waals surface area (Å²) in [6, 6.07) is 8.06. The Labute approximate surface area is 227 Å². The average Bonchev–Trinajstić information content (AvgIpc) is 3.26. The molecule has 38 heavy (non-hydrogen) atoms. The molecule has 0 radical (unpaired) electrons. The van der Waals surface area contributed by atoms with Gasteiger partial charge >= 0.3 is 5.97 Å². The third kappa shape index (κ3) is 5.36. The van der Waals surface area contributed by atoms with Crippen molar-refractivity contribution in [1.82, 2.24) is 19.7 Å². The topological polar surface area (TPSA) is 99.4 Å². The molecule has 196 valence electrons. The highest BCUT2D eigenvalue weighted by atomic mass is 35.5. The van der Waals surface area contributed by atoms with E-state index in [4.69, 9.17) is 37.8 Å². The van der Waals surface area contributed by atoms with Crippen molar-refractivity contribution in [3.8, 4) is 5.75 Å². The standard InChI is InChI=1S/C27H23Cl2FN4O4/c1-15(26-19(28)13-31-14-20(26)29)38-17-6-8-24-18(10-17)23(33-34(24)25-4-2-3-9-37-25)11-21(30)16-5-7-22(27(35)36)32-12-16/h5-8,10-15,25H,2-4,9H2,1H3,(H,35,36)/b21-11-/t15-,25?/m1/s1. The van der Waals surface area contributed by atoms with E-state index in [2.05, 4.69) is 15.1 Å². The average molecular weight is 557 g/mol. The van der Waals surface area contributed by atoms with Gasteiger partial charge in [-0.2, -0.15) is 5.10 Å². The maximum Gasteiger partial charge on any atom is 0.354 e. The van der Waals surface area contributed by atoms with Crippen molar-refractivity contribution in [1.29, 1.82) is 0 Å². The first-order valence-corrected chi connectivity index (χ1v) is 12.7. The van der Waals surface area contributed by atoms with Gasteiger partial charge in [-0.05, 0) is 56.5 Å². The lowest BCUT2D eigenvalue weighted by Crippen LogP contribution is -2.19. The van der Waals surface area contributed by atoms with E-state index in [9.17, 15) is 4.79 Å². The number of carbonyl (C=O) groups is 1. The number of rotatable bonds is 7.